The van der Waals surface area contributed by atoms with Crippen LogP contribution in [0.3, 0.4) is 0 Å². The van der Waals surface area contributed by atoms with E-state index in [1.54, 1.807) is 19.9 Å². The molecule has 7 heteroatoms. The van der Waals surface area contributed by atoms with E-state index in [2.05, 4.69) is 4.72 Å². The first-order valence-corrected chi connectivity index (χ1v) is 7.94. The van der Waals surface area contributed by atoms with Gasteiger partial charge < -0.3 is 15.2 Å². The third kappa shape index (κ3) is 3.84. The van der Waals surface area contributed by atoms with Gasteiger partial charge in [0.05, 0.1) is 18.1 Å². The molecular formula is C13H20N2O4S. The molecule has 1 aliphatic rings. The molecule has 6 nitrogen and oxygen atoms in total. The minimum Gasteiger partial charge on any atom is -0.490 e. The molecule has 0 radical (unpaired) electrons. The van der Waals surface area contributed by atoms with Gasteiger partial charge in [-0.05, 0) is 26.0 Å². The summed E-state index contributed by atoms with van der Waals surface area (Å²) in [5.74, 6) is 1.03. The first-order valence-electron chi connectivity index (χ1n) is 6.46. The number of benzene rings is 1. The van der Waals surface area contributed by atoms with E-state index >= 15 is 0 Å². The SMILES string of the molecule is CC(C)(N)CNS(=O)(=O)c1ccc2c(c1)OCCCO2. The minimum atomic E-state index is -3.60. The molecule has 0 bridgehead atoms. The van der Waals surface area contributed by atoms with Gasteiger partial charge in [0.15, 0.2) is 11.5 Å². The smallest absolute Gasteiger partial charge is 0.240 e. The highest BCUT2D eigenvalue weighted by Gasteiger charge is 2.21. The Labute approximate surface area is 119 Å². The van der Waals surface area contributed by atoms with Crippen LogP contribution >= 0.6 is 0 Å². The molecule has 0 amide bonds. The lowest BCUT2D eigenvalue weighted by atomic mass is 10.1. The van der Waals surface area contributed by atoms with Gasteiger partial charge >= 0.3 is 0 Å². The quantitative estimate of drug-likeness (QED) is 0.861. The van der Waals surface area contributed by atoms with Gasteiger partial charge in [-0.15, -0.1) is 0 Å². The fourth-order valence-corrected chi connectivity index (χ4v) is 2.91. The number of ether oxygens (including phenoxy) is 2. The van der Waals surface area contributed by atoms with Crippen molar-refractivity contribution in [3.05, 3.63) is 18.2 Å². The van der Waals surface area contributed by atoms with Crippen LogP contribution in [-0.4, -0.2) is 33.7 Å². The lowest BCUT2D eigenvalue weighted by molar-refractivity contribution is 0.297. The fourth-order valence-electron chi connectivity index (χ4n) is 1.68. The zero-order chi connectivity index (χ0) is 14.8. The predicted molar refractivity (Wildman–Crippen MR) is 75.5 cm³/mol. The number of rotatable bonds is 4. The van der Waals surface area contributed by atoms with E-state index in [0.29, 0.717) is 24.7 Å². The second kappa shape index (κ2) is 5.59. The predicted octanol–water partition coefficient (Wildman–Crippen LogP) is 0.864. The van der Waals surface area contributed by atoms with Crippen molar-refractivity contribution in [2.45, 2.75) is 30.7 Å². The van der Waals surface area contributed by atoms with E-state index in [4.69, 9.17) is 15.2 Å². The molecule has 3 N–H and O–H groups in total. The van der Waals surface area contributed by atoms with E-state index in [1.807, 2.05) is 0 Å². The topological polar surface area (TPSA) is 90.7 Å². The zero-order valence-electron chi connectivity index (χ0n) is 11.7. The maximum absolute atomic E-state index is 12.2. The summed E-state index contributed by atoms with van der Waals surface area (Å²) in [7, 11) is -3.60. The van der Waals surface area contributed by atoms with E-state index in [0.717, 1.165) is 6.42 Å². The van der Waals surface area contributed by atoms with Gasteiger partial charge in [-0.2, -0.15) is 0 Å². The molecule has 0 aromatic heterocycles. The molecular weight excluding hydrogens is 280 g/mol. The van der Waals surface area contributed by atoms with Crippen molar-refractivity contribution < 1.29 is 17.9 Å². The lowest BCUT2D eigenvalue weighted by Crippen LogP contribution is -2.45. The van der Waals surface area contributed by atoms with Gasteiger partial charge in [0.2, 0.25) is 10.0 Å². The van der Waals surface area contributed by atoms with Crippen LogP contribution in [0, 0.1) is 0 Å². The number of hydrogen-bond donors (Lipinski definition) is 2. The Kier molecular flexibility index (Phi) is 4.22. The molecule has 2 rings (SSSR count). The van der Waals surface area contributed by atoms with Crippen LogP contribution in [-0.2, 0) is 10.0 Å². The Balaban J connectivity index is 2.22. The summed E-state index contributed by atoms with van der Waals surface area (Å²) in [5.41, 5.74) is 5.17. The van der Waals surface area contributed by atoms with Crippen molar-refractivity contribution in [3.8, 4) is 11.5 Å². The largest absolute Gasteiger partial charge is 0.490 e. The molecule has 1 aromatic rings. The van der Waals surface area contributed by atoms with Gasteiger partial charge in [0.25, 0.3) is 0 Å². The maximum atomic E-state index is 12.2. The average Bonchev–Trinajstić information content (AvgIpc) is 2.60. The molecule has 1 aromatic carbocycles. The lowest BCUT2D eigenvalue weighted by Gasteiger charge is -2.19. The van der Waals surface area contributed by atoms with Gasteiger partial charge in [-0.3, -0.25) is 0 Å². The molecule has 1 aliphatic heterocycles. The standard InChI is InChI=1S/C13H20N2O4S/c1-13(2,14)9-15-20(16,17)10-4-5-11-12(8-10)19-7-3-6-18-11/h4-5,8,15H,3,6-7,9,14H2,1-2H3. The van der Waals surface area contributed by atoms with Gasteiger partial charge in [0.1, 0.15) is 0 Å². The van der Waals surface area contributed by atoms with Crippen LogP contribution in [0.2, 0.25) is 0 Å². The van der Waals surface area contributed by atoms with Crippen LogP contribution in [0.5, 0.6) is 11.5 Å². The Morgan fingerprint density at radius 1 is 1.25 bits per heavy atom. The van der Waals surface area contributed by atoms with Crippen molar-refractivity contribution in [2.24, 2.45) is 5.73 Å². The highest BCUT2D eigenvalue weighted by atomic mass is 32.2. The number of nitrogens with two attached hydrogens (primary N) is 1. The summed E-state index contributed by atoms with van der Waals surface area (Å²) < 4.78 is 37.8. The summed E-state index contributed by atoms with van der Waals surface area (Å²) in [4.78, 5) is 0.144. The molecule has 0 atom stereocenters. The van der Waals surface area contributed by atoms with E-state index in [-0.39, 0.29) is 11.4 Å². The normalized spacial score (nSPS) is 15.8. The molecule has 0 spiro atoms. The van der Waals surface area contributed by atoms with Crippen LogP contribution in [0.25, 0.3) is 0 Å². The summed E-state index contributed by atoms with van der Waals surface area (Å²) >= 11 is 0. The summed E-state index contributed by atoms with van der Waals surface area (Å²) in [6, 6.07) is 4.59. The number of nitrogens with one attached hydrogen (secondary N) is 1. The number of fused-ring (bicyclic) bond motifs is 1. The molecule has 0 fully saturated rings. The van der Waals surface area contributed by atoms with Crippen molar-refractivity contribution in [2.75, 3.05) is 19.8 Å². The molecule has 0 saturated heterocycles. The van der Waals surface area contributed by atoms with Gasteiger partial charge in [-0.1, -0.05) is 0 Å². The highest BCUT2D eigenvalue weighted by Crippen LogP contribution is 2.31. The second-order valence-electron chi connectivity index (χ2n) is 5.47. The van der Waals surface area contributed by atoms with Gasteiger partial charge in [0, 0.05) is 24.6 Å². The Bertz CT molecular complexity index is 579. The number of sulfonamides is 1. The average molecular weight is 300 g/mol. The molecule has 0 saturated carbocycles. The van der Waals surface area contributed by atoms with Crippen LogP contribution in [0.4, 0.5) is 0 Å². The van der Waals surface area contributed by atoms with Crippen molar-refractivity contribution in [3.63, 3.8) is 0 Å². The Hall–Kier alpha value is -1.31. The van der Waals surface area contributed by atoms with Crippen molar-refractivity contribution in [1.29, 1.82) is 0 Å². The first-order chi connectivity index (χ1) is 9.28. The van der Waals surface area contributed by atoms with Crippen LogP contribution in [0.1, 0.15) is 20.3 Å². The fraction of sp³-hybridized carbons (Fsp3) is 0.538. The Morgan fingerprint density at radius 2 is 1.90 bits per heavy atom. The van der Waals surface area contributed by atoms with Gasteiger partial charge in [-0.25, -0.2) is 13.1 Å². The highest BCUT2D eigenvalue weighted by molar-refractivity contribution is 7.89. The maximum Gasteiger partial charge on any atom is 0.240 e. The zero-order valence-corrected chi connectivity index (χ0v) is 12.5. The minimum absolute atomic E-state index is 0.144. The monoisotopic (exact) mass is 300 g/mol. The van der Waals surface area contributed by atoms with Crippen molar-refractivity contribution >= 4 is 10.0 Å². The molecule has 112 valence electrons. The van der Waals surface area contributed by atoms with E-state index in [9.17, 15) is 8.42 Å². The summed E-state index contributed by atoms with van der Waals surface area (Å²) in [6.07, 6.45) is 0.774. The summed E-state index contributed by atoms with van der Waals surface area (Å²) in [5, 5.41) is 0. The Morgan fingerprint density at radius 3 is 2.55 bits per heavy atom. The third-order valence-electron chi connectivity index (χ3n) is 2.75. The molecule has 20 heavy (non-hydrogen) atoms. The third-order valence-corrected chi connectivity index (χ3v) is 4.15. The van der Waals surface area contributed by atoms with Crippen LogP contribution < -0.4 is 19.9 Å². The molecule has 0 aliphatic carbocycles. The van der Waals surface area contributed by atoms with E-state index < -0.39 is 15.6 Å². The van der Waals surface area contributed by atoms with E-state index in [1.165, 1.54) is 12.1 Å². The second-order valence-corrected chi connectivity index (χ2v) is 7.24. The first kappa shape index (κ1) is 15.1. The van der Waals surface area contributed by atoms with Crippen LogP contribution in [0.15, 0.2) is 23.1 Å². The molecule has 0 unspecified atom stereocenters. The van der Waals surface area contributed by atoms with Crippen molar-refractivity contribution in [1.82, 2.24) is 4.72 Å². The summed E-state index contributed by atoms with van der Waals surface area (Å²) in [6.45, 7) is 4.75. The molecule has 1 heterocycles. The number of hydrogen-bond acceptors (Lipinski definition) is 5.